The second kappa shape index (κ2) is 5.20. The Balaban J connectivity index is 2.77. The lowest BCUT2D eigenvalue weighted by molar-refractivity contribution is 0.0692. The third-order valence-electron chi connectivity index (χ3n) is 2.13. The van der Waals surface area contributed by atoms with Crippen LogP contribution in [0.1, 0.15) is 23.1 Å². The number of hydrogen-bond donors (Lipinski definition) is 4. The summed E-state index contributed by atoms with van der Waals surface area (Å²) in [6.07, 6.45) is 1.57. The average Bonchev–Trinajstić information content (AvgIpc) is 2.59. The van der Waals surface area contributed by atoms with Crippen molar-refractivity contribution in [2.24, 2.45) is 0 Å². The first-order valence-corrected chi connectivity index (χ1v) is 5.07. The Hall–Kier alpha value is -2.24. The zero-order valence-corrected chi connectivity index (χ0v) is 9.70. The van der Waals surface area contributed by atoms with Crippen molar-refractivity contribution in [2.75, 3.05) is 5.32 Å². The molecule has 1 aromatic heterocycles. The van der Waals surface area contributed by atoms with Crippen LogP contribution in [0.5, 0.6) is 0 Å². The largest absolute Gasteiger partial charge is 0.477 e. The lowest BCUT2D eigenvalue weighted by Crippen LogP contribution is -2.35. The number of aromatic nitrogens is 1. The predicted molar refractivity (Wildman–Crippen MR) is 64.3 cm³/mol. The zero-order chi connectivity index (χ0) is 13.0. The number of carbonyl (C=O) groups is 2. The normalized spacial score (nSPS) is 11.6. The van der Waals surface area contributed by atoms with E-state index in [9.17, 15) is 9.59 Å². The molecule has 0 saturated carbocycles. The summed E-state index contributed by atoms with van der Waals surface area (Å²) in [5.41, 5.74) is 0.863. The quantitative estimate of drug-likeness (QED) is 0.600. The Morgan fingerprint density at radius 1 is 1.59 bits per heavy atom. The van der Waals surface area contributed by atoms with E-state index in [1.165, 1.54) is 0 Å². The van der Waals surface area contributed by atoms with Crippen LogP contribution in [0.25, 0.3) is 0 Å². The fourth-order valence-corrected chi connectivity index (χ4v) is 1.28. The molecular weight excluding hydrogens is 222 g/mol. The van der Waals surface area contributed by atoms with Gasteiger partial charge in [-0.1, -0.05) is 6.08 Å². The highest BCUT2D eigenvalue weighted by Gasteiger charge is 2.15. The maximum atomic E-state index is 11.5. The molecule has 0 radical (unpaired) electrons. The Bertz CT molecular complexity index is 451. The Morgan fingerprint density at radius 3 is 2.76 bits per heavy atom. The van der Waals surface area contributed by atoms with Crippen LogP contribution in [-0.2, 0) is 0 Å². The van der Waals surface area contributed by atoms with Crippen molar-refractivity contribution in [3.05, 3.63) is 30.1 Å². The predicted octanol–water partition coefficient (Wildman–Crippen LogP) is 1.72. The minimum atomic E-state index is -1.12. The summed E-state index contributed by atoms with van der Waals surface area (Å²) in [5, 5.41) is 13.9. The number of carboxylic acid groups (broad SMARTS) is 1. The molecule has 0 aliphatic heterocycles. The van der Waals surface area contributed by atoms with Crippen molar-refractivity contribution in [1.82, 2.24) is 10.3 Å². The minimum Gasteiger partial charge on any atom is -0.477 e. The van der Waals surface area contributed by atoms with Gasteiger partial charge in [-0.2, -0.15) is 0 Å². The van der Waals surface area contributed by atoms with Crippen molar-refractivity contribution in [2.45, 2.75) is 19.9 Å². The van der Waals surface area contributed by atoms with Gasteiger partial charge in [-0.05, 0) is 19.9 Å². The van der Waals surface area contributed by atoms with Gasteiger partial charge in [0, 0.05) is 11.7 Å². The Morgan fingerprint density at radius 2 is 2.24 bits per heavy atom. The SMILES string of the molecule is C=CC(C)NC(=O)Nc1cc(C)[nH]c1C(=O)O. The zero-order valence-electron chi connectivity index (χ0n) is 9.70. The number of nitrogens with one attached hydrogen (secondary N) is 3. The minimum absolute atomic E-state index is 0.0380. The van der Waals surface area contributed by atoms with Gasteiger partial charge >= 0.3 is 12.0 Å². The van der Waals surface area contributed by atoms with Crippen molar-refractivity contribution in [1.29, 1.82) is 0 Å². The number of urea groups is 1. The summed E-state index contributed by atoms with van der Waals surface area (Å²) in [6.45, 7) is 7.00. The topological polar surface area (TPSA) is 94.2 Å². The van der Waals surface area contributed by atoms with Crippen molar-refractivity contribution < 1.29 is 14.7 Å². The van der Waals surface area contributed by atoms with Crippen molar-refractivity contribution in [3.63, 3.8) is 0 Å². The van der Waals surface area contributed by atoms with Crippen molar-refractivity contribution in [3.8, 4) is 0 Å². The van der Waals surface area contributed by atoms with Crippen LogP contribution < -0.4 is 10.6 Å². The van der Waals surface area contributed by atoms with Gasteiger partial charge in [0.15, 0.2) is 0 Å². The molecule has 6 heteroatoms. The molecule has 0 saturated heterocycles. The van der Waals surface area contributed by atoms with Crippen molar-refractivity contribution >= 4 is 17.7 Å². The smallest absolute Gasteiger partial charge is 0.354 e. The summed E-state index contributed by atoms with van der Waals surface area (Å²) in [7, 11) is 0. The molecule has 1 heterocycles. The first kappa shape index (κ1) is 12.8. The molecule has 2 amide bonds. The van der Waals surface area contributed by atoms with Crippen LogP contribution in [-0.4, -0.2) is 28.1 Å². The molecule has 0 fully saturated rings. The van der Waals surface area contributed by atoms with E-state index in [2.05, 4.69) is 22.2 Å². The number of anilines is 1. The highest BCUT2D eigenvalue weighted by atomic mass is 16.4. The van der Waals surface area contributed by atoms with Crippen LogP contribution >= 0.6 is 0 Å². The molecule has 92 valence electrons. The molecule has 6 nitrogen and oxygen atoms in total. The van der Waals surface area contributed by atoms with E-state index in [-0.39, 0.29) is 17.4 Å². The molecule has 0 spiro atoms. The third-order valence-corrected chi connectivity index (χ3v) is 2.13. The van der Waals surface area contributed by atoms with Gasteiger partial charge in [0.05, 0.1) is 5.69 Å². The first-order chi connectivity index (χ1) is 7.93. The van der Waals surface area contributed by atoms with Gasteiger partial charge in [-0.15, -0.1) is 6.58 Å². The summed E-state index contributed by atoms with van der Waals surface area (Å²) < 4.78 is 0. The summed E-state index contributed by atoms with van der Waals surface area (Å²) in [6, 6.07) is 0.893. The van der Waals surface area contributed by atoms with Gasteiger partial charge in [-0.25, -0.2) is 9.59 Å². The molecule has 0 aliphatic rings. The van der Waals surface area contributed by atoms with Gasteiger partial charge in [0.2, 0.25) is 0 Å². The molecule has 0 aliphatic carbocycles. The summed E-state index contributed by atoms with van der Waals surface area (Å²) >= 11 is 0. The van der Waals surface area contributed by atoms with Crippen LogP contribution in [0.15, 0.2) is 18.7 Å². The highest BCUT2D eigenvalue weighted by molar-refractivity contribution is 5.99. The molecule has 1 unspecified atom stereocenters. The number of carbonyl (C=O) groups excluding carboxylic acids is 1. The number of carboxylic acids is 1. The molecule has 0 aromatic carbocycles. The standard InChI is InChI=1S/C11H15N3O3/c1-4-6(2)13-11(17)14-8-5-7(3)12-9(8)10(15)16/h4-6,12H,1H2,2-3H3,(H,15,16)(H2,13,14,17). The van der Waals surface area contributed by atoms with E-state index in [0.717, 1.165) is 0 Å². The molecule has 0 bridgehead atoms. The van der Waals surface area contributed by atoms with Gasteiger partial charge in [-0.3, -0.25) is 0 Å². The molecule has 1 aromatic rings. The van der Waals surface area contributed by atoms with Gasteiger partial charge in [0.1, 0.15) is 5.69 Å². The molecule has 4 N–H and O–H groups in total. The van der Waals surface area contributed by atoms with E-state index < -0.39 is 12.0 Å². The third kappa shape index (κ3) is 3.37. The Labute approximate surface area is 98.7 Å². The lowest BCUT2D eigenvalue weighted by Gasteiger charge is -2.10. The van der Waals surface area contributed by atoms with Crippen LogP contribution in [0.2, 0.25) is 0 Å². The van der Waals surface area contributed by atoms with Crippen LogP contribution in [0.3, 0.4) is 0 Å². The van der Waals surface area contributed by atoms with Gasteiger partial charge < -0.3 is 20.7 Å². The average molecular weight is 237 g/mol. The number of aryl methyl sites for hydroxylation is 1. The summed E-state index contributed by atoms with van der Waals surface area (Å²) in [5.74, 6) is -1.12. The molecule has 17 heavy (non-hydrogen) atoms. The first-order valence-electron chi connectivity index (χ1n) is 5.07. The second-order valence-corrected chi connectivity index (χ2v) is 3.67. The molecule has 1 atom stereocenters. The second-order valence-electron chi connectivity index (χ2n) is 3.67. The highest BCUT2D eigenvalue weighted by Crippen LogP contribution is 2.16. The number of amides is 2. The maximum Gasteiger partial charge on any atom is 0.354 e. The van der Waals surface area contributed by atoms with E-state index in [0.29, 0.717) is 5.69 Å². The lowest BCUT2D eigenvalue weighted by atomic mass is 10.3. The van der Waals surface area contributed by atoms with E-state index in [4.69, 9.17) is 5.11 Å². The molecule has 1 rings (SSSR count). The number of H-pyrrole nitrogens is 1. The molecular formula is C11H15N3O3. The number of aromatic carboxylic acids is 1. The maximum absolute atomic E-state index is 11.5. The van der Waals surface area contributed by atoms with Gasteiger partial charge in [0.25, 0.3) is 0 Å². The number of hydrogen-bond acceptors (Lipinski definition) is 2. The summed E-state index contributed by atoms with van der Waals surface area (Å²) in [4.78, 5) is 25.0. The fourth-order valence-electron chi connectivity index (χ4n) is 1.28. The van der Waals surface area contributed by atoms with Crippen LogP contribution in [0, 0.1) is 6.92 Å². The van der Waals surface area contributed by atoms with Crippen LogP contribution in [0.4, 0.5) is 10.5 Å². The van der Waals surface area contributed by atoms with E-state index in [1.54, 1.807) is 26.0 Å². The fraction of sp³-hybridized carbons (Fsp3) is 0.273. The van der Waals surface area contributed by atoms with E-state index >= 15 is 0 Å². The van der Waals surface area contributed by atoms with E-state index in [1.807, 2.05) is 0 Å². The number of rotatable bonds is 4. The Kier molecular flexibility index (Phi) is 3.92. The number of aromatic amines is 1. The monoisotopic (exact) mass is 237 g/mol.